The summed E-state index contributed by atoms with van der Waals surface area (Å²) in [6.07, 6.45) is 6.14. The molecule has 3 N–H and O–H groups in total. The third-order valence-corrected chi connectivity index (χ3v) is 7.94. The lowest BCUT2D eigenvalue weighted by Gasteiger charge is -2.08. The number of nitrogens with one attached hydrogen (secondary N) is 3. The third kappa shape index (κ3) is 6.14. The van der Waals surface area contributed by atoms with Crippen LogP contribution in [0.2, 0.25) is 0 Å². The summed E-state index contributed by atoms with van der Waals surface area (Å²) in [6.45, 7) is 0.399. The molecule has 0 amide bonds. The third-order valence-electron chi connectivity index (χ3n) is 7.27. The predicted octanol–water partition coefficient (Wildman–Crippen LogP) is 6.00. The van der Waals surface area contributed by atoms with Crippen molar-refractivity contribution in [3.05, 3.63) is 114 Å². The van der Waals surface area contributed by atoms with Crippen LogP contribution in [0.4, 0.5) is 4.39 Å². The number of aromatic nitrogens is 6. The van der Waals surface area contributed by atoms with E-state index in [1.807, 2.05) is 54.6 Å². The molecule has 0 bridgehead atoms. The van der Waals surface area contributed by atoms with Gasteiger partial charge in [0.25, 0.3) is 0 Å². The van der Waals surface area contributed by atoms with Crippen molar-refractivity contribution >= 4 is 32.1 Å². The minimum atomic E-state index is -3.44. The highest BCUT2D eigenvalue weighted by Crippen LogP contribution is 2.33. The molecule has 0 unspecified atom stereocenters. The highest BCUT2D eigenvalue weighted by molar-refractivity contribution is 7.88. The number of rotatable bonds is 9. The Morgan fingerprint density at radius 3 is 2.62 bits per heavy atom. The standard InChI is InChI=1S/C33H26FN7O3S/c1-45(42,43)37-16-21-11-23(13-25(34)12-21)27-9-10-36-32-30(27)38-33(39-32)31-28-15-22(7-8-29(28)40-41-31)24-14-26(18-35-17-24)44-19-20-5-3-2-4-6-20/h2-15,17-18,37H,16,19H2,1H3,(H,40,41)(H,36,38,39). The van der Waals surface area contributed by atoms with Crippen molar-refractivity contribution in [2.75, 3.05) is 6.26 Å². The molecule has 224 valence electrons. The summed E-state index contributed by atoms with van der Waals surface area (Å²) in [5.74, 6) is 0.655. The molecule has 3 aromatic carbocycles. The number of H-pyrrole nitrogens is 2. The van der Waals surface area contributed by atoms with Crippen LogP contribution in [0.25, 0.3) is 55.8 Å². The molecule has 0 atom stereocenters. The number of aromatic amines is 2. The summed E-state index contributed by atoms with van der Waals surface area (Å²) in [5.41, 5.74) is 6.98. The van der Waals surface area contributed by atoms with Gasteiger partial charge in [0.2, 0.25) is 10.0 Å². The van der Waals surface area contributed by atoms with Crippen molar-refractivity contribution in [1.29, 1.82) is 0 Å². The Hall–Kier alpha value is -5.46. The molecule has 7 aromatic rings. The van der Waals surface area contributed by atoms with Crippen molar-refractivity contribution < 1.29 is 17.5 Å². The Labute approximate surface area is 257 Å². The Morgan fingerprint density at radius 1 is 0.911 bits per heavy atom. The summed E-state index contributed by atoms with van der Waals surface area (Å²) in [4.78, 5) is 16.9. The Balaban J connectivity index is 1.22. The van der Waals surface area contributed by atoms with Gasteiger partial charge in [-0.05, 0) is 64.7 Å². The van der Waals surface area contributed by atoms with E-state index in [1.54, 1.807) is 30.7 Å². The number of imidazole rings is 1. The maximum absolute atomic E-state index is 14.6. The summed E-state index contributed by atoms with van der Waals surface area (Å²) in [6, 6.07) is 24.0. The zero-order chi connectivity index (χ0) is 31.0. The zero-order valence-corrected chi connectivity index (χ0v) is 24.8. The monoisotopic (exact) mass is 619 g/mol. The van der Waals surface area contributed by atoms with Gasteiger partial charge in [-0.25, -0.2) is 27.5 Å². The maximum Gasteiger partial charge on any atom is 0.209 e. The van der Waals surface area contributed by atoms with Crippen molar-refractivity contribution in [2.45, 2.75) is 13.2 Å². The average molecular weight is 620 g/mol. The summed E-state index contributed by atoms with van der Waals surface area (Å²) >= 11 is 0. The fourth-order valence-corrected chi connectivity index (χ4v) is 5.58. The SMILES string of the molecule is CS(=O)(=O)NCc1cc(F)cc(-c2ccnc3[nH]c(-c4n[nH]c5ccc(-c6cncc(OCc7ccccc7)c6)cc45)nc23)c1. The number of pyridine rings is 2. The van der Waals surface area contributed by atoms with Gasteiger partial charge in [0.15, 0.2) is 11.5 Å². The van der Waals surface area contributed by atoms with E-state index in [1.165, 1.54) is 12.1 Å². The molecule has 0 spiro atoms. The van der Waals surface area contributed by atoms with Gasteiger partial charge in [0.1, 0.15) is 29.4 Å². The average Bonchev–Trinajstić information content (AvgIpc) is 3.67. The molecular weight excluding hydrogens is 593 g/mol. The minimum absolute atomic E-state index is 0.0389. The van der Waals surface area contributed by atoms with Crippen LogP contribution in [-0.4, -0.2) is 44.8 Å². The van der Waals surface area contributed by atoms with Gasteiger partial charge in [-0.1, -0.05) is 36.4 Å². The van der Waals surface area contributed by atoms with Gasteiger partial charge in [-0.2, -0.15) is 5.10 Å². The van der Waals surface area contributed by atoms with Crippen LogP contribution in [0.1, 0.15) is 11.1 Å². The number of hydrogen-bond acceptors (Lipinski definition) is 7. The van der Waals surface area contributed by atoms with Crippen molar-refractivity contribution in [2.24, 2.45) is 0 Å². The van der Waals surface area contributed by atoms with Crippen LogP contribution >= 0.6 is 0 Å². The molecule has 0 radical (unpaired) electrons. The summed E-state index contributed by atoms with van der Waals surface area (Å²) in [5, 5.41) is 8.45. The fourth-order valence-electron chi connectivity index (χ4n) is 5.15. The summed E-state index contributed by atoms with van der Waals surface area (Å²) < 4.78 is 46.2. The number of ether oxygens (including phenoxy) is 1. The lowest BCUT2D eigenvalue weighted by atomic mass is 10.0. The van der Waals surface area contributed by atoms with Crippen molar-refractivity contribution in [1.82, 2.24) is 34.9 Å². The molecular formula is C33H26FN7O3S. The van der Waals surface area contributed by atoms with Crippen molar-refractivity contribution in [3.8, 4) is 39.5 Å². The largest absolute Gasteiger partial charge is 0.487 e. The Bertz CT molecular complexity index is 2290. The lowest BCUT2D eigenvalue weighted by Crippen LogP contribution is -2.21. The fraction of sp³-hybridized carbons (Fsp3) is 0.0909. The van der Waals surface area contributed by atoms with Crippen LogP contribution in [0, 0.1) is 5.82 Å². The number of halogens is 1. The van der Waals surface area contributed by atoms with Crippen LogP contribution in [0.3, 0.4) is 0 Å². The molecule has 0 aliphatic heterocycles. The summed E-state index contributed by atoms with van der Waals surface area (Å²) in [7, 11) is -3.44. The number of benzene rings is 3. The van der Waals surface area contributed by atoms with Crippen LogP contribution in [-0.2, 0) is 23.2 Å². The normalized spacial score (nSPS) is 11.8. The second-order valence-corrected chi connectivity index (χ2v) is 12.4. The molecule has 4 heterocycles. The molecule has 7 rings (SSSR count). The predicted molar refractivity (Wildman–Crippen MR) is 170 cm³/mol. The first-order valence-electron chi connectivity index (χ1n) is 14.0. The van der Waals surface area contributed by atoms with Crippen LogP contribution in [0.15, 0.2) is 97.5 Å². The highest BCUT2D eigenvalue weighted by Gasteiger charge is 2.17. The molecule has 45 heavy (non-hydrogen) atoms. The smallest absolute Gasteiger partial charge is 0.209 e. The molecule has 0 aliphatic carbocycles. The van der Waals surface area contributed by atoms with Crippen LogP contribution < -0.4 is 9.46 Å². The van der Waals surface area contributed by atoms with E-state index >= 15 is 0 Å². The maximum atomic E-state index is 14.6. The topological polar surface area (TPSA) is 139 Å². The van der Waals surface area contributed by atoms with Gasteiger partial charge < -0.3 is 9.72 Å². The van der Waals surface area contributed by atoms with E-state index in [9.17, 15) is 12.8 Å². The van der Waals surface area contributed by atoms with Gasteiger partial charge in [-0.3, -0.25) is 10.1 Å². The molecule has 0 saturated carbocycles. The van der Waals surface area contributed by atoms with Gasteiger partial charge in [0, 0.05) is 35.5 Å². The lowest BCUT2D eigenvalue weighted by molar-refractivity contribution is 0.305. The molecule has 12 heteroatoms. The van der Waals surface area contributed by atoms with Crippen LogP contribution in [0.5, 0.6) is 5.75 Å². The minimum Gasteiger partial charge on any atom is -0.487 e. The van der Waals surface area contributed by atoms with E-state index in [0.29, 0.717) is 51.7 Å². The van der Waals surface area contributed by atoms with E-state index in [4.69, 9.17) is 9.72 Å². The molecule has 0 saturated heterocycles. The second kappa shape index (κ2) is 11.6. The number of hydrogen-bond donors (Lipinski definition) is 3. The first-order chi connectivity index (χ1) is 21.8. The molecule has 10 nitrogen and oxygen atoms in total. The van der Waals surface area contributed by atoms with E-state index < -0.39 is 15.8 Å². The molecule has 4 aromatic heterocycles. The first-order valence-corrected chi connectivity index (χ1v) is 15.9. The quantitative estimate of drug-likeness (QED) is 0.180. The second-order valence-electron chi connectivity index (χ2n) is 10.6. The zero-order valence-electron chi connectivity index (χ0n) is 24.0. The number of fused-ring (bicyclic) bond motifs is 2. The Kier molecular flexibility index (Phi) is 7.28. The van der Waals surface area contributed by atoms with Gasteiger partial charge in [0.05, 0.1) is 18.0 Å². The Morgan fingerprint density at radius 2 is 1.78 bits per heavy atom. The first kappa shape index (κ1) is 28.3. The van der Waals surface area contributed by atoms with Gasteiger partial charge in [-0.15, -0.1) is 0 Å². The molecule has 0 fully saturated rings. The number of nitrogens with zero attached hydrogens (tertiary/aromatic N) is 4. The van der Waals surface area contributed by atoms with Gasteiger partial charge >= 0.3 is 0 Å². The van der Waals surface area contributed by atoms with E-state index in [-0.39, 0.29) is 6.54 Å². The number of sulfonamides is 1. The van der Waals surface area contributed by atoms with Crippen molar-refractivity contribution in [3.63, 3.8) is 0 Å². The highest BCUT2D eigenvalue weighted by atomic mass is 32.2. The van der Waals surface area contributed by atoms with E-state index in [2.05, 4.69) is 29.9 Å². The molecule has 0 aliphatic rings. The van der Waals surface area contributed by atoms with E-state index in [0.717, 1.165) is 33.8 Å².